The topological polar surface area (TPSA) is 41.0 Å². The largest absolute Gasteiger partial charge is 0.316 e. The number of rotatable bonds is 5. The summed E-state index contributed by atoms with van der Waals surface area (Å²) in [5, 5.41) is 3.57. The van der Waals surface area contributed by atoms with Crippen LogP contribution in [0.4, 0.5) is 0 Å². The van der Waals surface area contributed by atoms with E-state index in [1.54, 1.807) is 0 Å². The van der Waals surface area contributed by atoms with Gasteiger partial charge in [0.25, 0.3) is 0 Å². The number of likely N-dealkylation sites (tertiary alicyclic amines) is 1. The van der Waals surface area contributed by atoms with Crippen LogP contribution in [0.25, 0.3) is 0 Å². The van der Waals surface area contributed by atoms with Gasteiger partial charge in [-0.15, -0.1) is 0 Å². The Bertz CT molecular complexity index is 393. The summed E-state index contributed by atoms with van der Waals surface area (Å²) in [5.41, 5.74) is 1.18. The Morgan fingerprint density at radius 3 is 3.05 bits per heavy atom. The van der Waals surface area contributed by atoms with E-state index in [1.165, 1.54) is 25.0 Å². The van der Waals surface area contributed by atoms with Crippen molar-refractivity contribution in [3.05, 3.63) is 23.8 Å². The van der Waals surface area contributed by atoms with Crippen molar-refractivity contribution in [2.75, 3.05) is 26.7 Å². The zero-order valence-corrected chi connectivity index (χ0v) is 12.4. The average molecular weight is 262 g/mol. The van der Waals surface area contributed by atoms with Gasteiger partial charge in [0.2, 0.25) is 0 Å². The van der Waals surface area contributed by atoms with Crippen molar-refractivity contribution in [2.45, 2.75) is 39.2 Å². The monoisotopic (exact) mass is 262 g/mol. The van der Waals surface area contributed by atoms with Crippen molar-refractivity contribution in [1.82, 2.24) is 20.2 Å². The molecule has 0 aromatic carbocycles. The van der Waals surface area contributed by atoms with Crippen molar-refractivity contribution >= 4 is 0 Å². The summed E-state index contributed by atoms with van der Waals surface area (Å²) in [6.07, 6.45) is 5.65. The molecule has 2 rings (SSSR count). The highest BCUT2D eigenvalue weighted by molar-refractivity contribution is 5.10. The molecule has 1 aliphatic rings. The highest BCUT2D eigenvalue weighted by Crippen LogP contribution is 2.33. The van der Waals surface area contributed by atoms with Crippen LogP contribution in [0.1, 0.15) is 43.7 Å². The smallest absolute Gasteiger partial charge is 0.125 e. The summed E-state index contributed by atoms with van der Waals surface area (Å²) in [4.78, 5) is 11.3. The first kappa shape index (κ1) is 14.4. The first-order chi connectivity index (χ1) is 9.22. The zero-order chi connectivity index (χ0) is 13.7. The van der Waals surface area contributed by atoms with Crippen LogP contribution in [-0.2, 0) is 0 Å². The van der Waals surface area contributed by atoms with E-state index in [9.17, 15) is 0 Å². The summed E-state index contributed by atoms with van der Waals surface area (Å²) < 4.78 is 0. The molecular formula is C15H26N4. The third kappa shape index (κ3) is 3.74. The number of hydrogen-bond donors (Lipinski definition) is 1. The Labute approximate surface area is 116 Å². The predicted molar refractivity (Wildman–Crippen MR) is 78.0 cm³/mol. The molecule has 4 nitrogen and oxygen atoms in total. The third-order valence-electron chi connectivity index (χ3n) is 3.94. The van der Waals surface area contributed by atoms with Gasteiger partial charge in [0.15, 0.2) is 0 Å². The molecular weight excluding hydrogens is 236 g/mol. The molecule has 4 heteroatoms. The SMILES string of the molecule is CCCNCC1CCCN(C)C1c1ccnc(C)n1. The van der Waals surface area contributed by atoms with Gasteiger partial charge in [-0.05, 0) is 64.9 Å². The molecule has 0 saturated carbocycles. The predicted octanol–water partition coefficient (Wildman–Crippen LogP) is 2.17. The molecule has 1 aliphatic heterocycles. The van der Waals surface area contributed by atoms with Gasteiger partial charge in [-0.1, -0.05) is 6.92 Å². The quantitative estimate of drug-likeness (QED) is 0.826. The lowest BCUT2D eigenvalue weighted by Crippen LogP contribution is -2.41. The van der Waals surface area contributed by atoms with Crippen molar-refractivity contribution < 1.29 is 0 Å². The number of nitrogens with zero attached hydrogens (tertiary/aromatic N) is 3. The third-order valence-corrected chi connectivity index (χ3v) is 3.94. The molecule has 0 amide bonds. The minimum Gasteiger partial charge on any atom is -0.316 e. The summed E-state index contributed by atoms with van der Waals surface area (Å²) in [5.74, 6) is 1.52. The molecule has 19 heavy (non-hydrogen) atoms. The normalized spacial score (nSPS) is 24.6. The van der Waals surface area contributed by atoms with Crippen LogP contribution in [0.15, 0.2) is 12.3 Å². The van der Waals surface area contributed by atoms with Crippen LogP contribution in [0.3, 0.4) is 0 Å². The summed E-state index contributed by atoms with van der Waals surface area (Å²) in [6, 6.07) is 2.51. The maximum atomic E-state index is 4.65. The summed E-state index contributed by atoms with van der Waals surface area (Å²) >= 11 is 0. The first-order valence-corrected chi connectivity index (χ1v) is 7.43. The standard InChI is InChI=1S/C15H26N4/c1-4-8-16-11-13-6-5-10-19(3)15(13)14-7-9-17-12(2)18-14/h7,9,13,15-16H,4-6,8,10-11H2,1-3H3. The van der Waals surface area contributed by atoms with Gasteiger partial charge in [-0.2, -0.15) is 0 Å². The van der Waals surface area contributed by atoms with Crippen LogP contribution in [-0.4, -0.2) is 41.5 Å². The minimum atomic E-state index is 0.430. The average Bonchev–Trinajstić information content (AvgIpc) is 2.39. The molecule has 1 fully saturated rings. The fourth-order valence-corrected chi connectivity index (χ4v) is 3.04. The van der Waals surface area contributed by atoms with E-state index in [0.29, 0.717) is 12.0 Å². The number of aryl methyl sites for hydroxylation is 1. The second-order valence-electron chi connectivity index (χ2n) is 5.56. The van der Waals surface area contributed by atoms with E-state index in [4.69, 9.17) is 0 Å². The molecule has 2 atom stereocenters. The van der Waals surface area contributed by atoms with Gasteiger partial charge in [-0.3, -0.25) is 4.90 Å². The minimum absolute atomic E-state index is 0.430. The van der Waals surface area contributed by atoms with Crippen LogP contribution < -0.4 is 5.32 Å². The van der Waals surface area contributed by atoms with Gasteiger partial charge < -0.3 is 5.32 Å². The molecule has 0 bridgehead atoms. The summed E-state index contributed by atoms with van der Waals surface area (Å²) in [6.45, 7) is 7.54. The van der Waals surface area contributed by atoms with Crippen LogP contribution in [0, 0.1) is 12.8 Å². The fraction of sp³-hybridized carbons (Fsp3) is 0.733. The fourth-order valence-electron chi connectivity index (χ4n) is 3.04. The van der Waals surface area contributed by atoms with Gasteiger partial charge in [0, 0.05) is 6.20 Å². The van der Waals surface area contributed by atoms with Crippen molar-refractivity contribution in [2.24, 2.45) is 5.92 Å². The highest BCUT2D eigenvalue weighted by atomic mass is 15.2. The van der Waals surface area contributed by atoms with E-state index in [0.717, 1.165) is 25.5 Å². The van der Waals surface area contributed by atoms with Gasteiger partial charge >= 0.3 is 0 Å². The Hall–Kier alpha value is -1.00. The molecule has 1 saturated heterocycles. The van der Waals surface area contributed by atoms with Gasteiger partial charge in [-0.25, -0.2) is 9.97 Å². The lowest BCUT2D eigenvalue weighted by Gasteiger charge is -2.39. The van der Waals surface area contributed by atoms with E-state index in [1.807, 2.05) is 13.1 Å². The second kappa shape index (κ2) is 6.96. The van der Waals surface area contributed by atoms with Crippen molar-refractivity contribution in [3.8, 4) is 0 Å². The van der Waals surface area contributed by atoms with Crippen LogP contribution in [0.5, 0.6) is 0 Å². The van der Waals surface area contributed by atoms with E-state index in [-0.39, 0.29) is 0 Å². The van der Waals surface area contributed by atoms with E-state index >= 15 is 0 Å². The molecule has 2 heterocycles. The Balaban J connectivity index is 2.11. The molecule has 106 valence electrons. The maximum Gasteiger partial charge on any atom is 0.125 e. The molecule has 1 N–H and O–H groups in total. The lowest BCUT2D eigenvalue weighted by atomic mass is 9.87. The molecule has 0 spiro atoms. The first-order valence-electron chi connectivity index (χ1n) is 7.43. The molecule has 1 aromatic rings. The zero-order valence-electron chi connectivity index (χ0n) is 12.4. The highest BCUT2D eigenvalue weighted by Gasteiger charge is 2.31. The number of piperidine rings is 1. The Kier molecular flexibility index (Phi) is 5.28. The number of nitrogens with one attached hydrogen (secondary N) is 1. The maximum absolute atomic E-state index is 4.65. The molecule has 0 aliphatic carbocycles. The lowest BCUT2D eigenvalue weighted by molar-refractivity contribution is 0.116. The Morgan fingerprint density at radius 2 is 2.32 bits per heavy atom. The Morgan fingerprint density at radius 1 is 1.47 bits per heavy atom. The van der Waals surface area contributed by atoms with Crippen molar-refractivity contribution in [3.63, 3.8) is 0 Å². The van der Waals surface area contributed by atoms with E-state index < -0.39 is 0 Å². The molecule has 1 aromatic heterocycles. The molecule has 2 unspecified atom stereocenters. The number of aromatic nitrogens is 2. The van der Waals surface area contributed by atoms with Crippen molar-refractivity contribution in [1.29, 1.82) is 0 Å². The van der Waals surface area contributed by atoms with Gasteiger partial charge in [0.1, 0.15) is 5.82 Å². The summed E-state index contributed by atoms with van der Waals surface area (Å²) in [7, 11) is 2.22. The van der Waals surface area contributed by atoms with Crippen LogP contribution in [0.2, 0.25) is 0 Å². The number of hydrogen-bond acceptors (Lipinski definition) is 4. The second-order valence-corrected chi connectivity index (χ2v) is 5.56. The molecule has 0 radical (unpaired) electrons. The van der Waals surface area contributed by atoms with E-state index in [2.05, 4.69) is 40.2 Å². The van der Waals surface area contributed by atoms with Gasteiger partial charge in [0.05, 0.1) is 11.7 Å². The van der Waals surface area contributed by atoms with Crippen LogP contribution >= 0.6 is 0 Å².